The maximum Gasteiger partial charge on any atom is 0.111 e. The minimum Gasteiger partial charge on any atom is -0.331 e. The Morgan fingerprint density at radius 3 is 2.89 bits per heavy atom. The Balaban J connectivity index is 1.95. The van der Waals surface area contributed by atoms with E-state index < -0.39 is 0 Å². The van der Waals surface area contributed by atoms with Crippen LogP contribution in [-0.2, 0) is 13.5 Å². The van der Waals surface area contributed by atoms with Gasteiger partial charge in [-0.3, -0.25) is 0 Å². The molecule has 1 fully saturated rings. The predicted octanol–water partition coefficient (Wildman–Crippen LogP) is 2.87. The minimum atomic E-state index is 0.602. The molecule has 0 aliphatic carbocycles. The van der Waals surface area contributed by atoms with Gasteiger partial charge in [-0.1, -0.05) is 12.5 Å². The van der Waals surface area contributed by atoms with Crippen molar-refractivity contribution < 1.29 is 0 Å². The molecule has 1 aromatic carbocycles. The summed E-state index contributed by atoms with van der Waals surface area (Å²) >= 11 is 0. The van der Waals surface area contributed by atoms with E-state index in [0.29, 0.717) is 6.04 Å². The molecule has 0 radical (unpaired) electrons. The van der Waals surface area contributed by atoms with Gasteiger partial charge in [0.15, 0.2) is 0 Å². The van der Waals surface area contributed by atoms with Crippen LogP contribution in [0.2, 0.25) is 0 Å². The quantitative estimate of drug-likeness (QED) is 0.896. The summed E-state index contributed by atoms with van der Waals surface area (Å²) in [5.41, 5.74) is 5.06. The van der Waals surface area contributed by atoms with Crippen molar-refractivity contribution in [2.75, 3.05) is 6.54 Å². The molecule has 2 heterocycles. The number of hydrogen-bond acceptors (Lipinski definition) is 2. The standard InChI is InChI=1S/C16H23N3/c1-11-8-12(2)16-14(9-11)18-15(19(16)3)10-13-6-4-5-7-17-13/h8-9,13,17H,4-7,10H2,1-3H3. The zero-order valence-corrected chi connectivity index (χ0v) is 12.2. The van der Waals surface area contributed by atoms with Gasteiger partial charge in [0.05, 0.1) is 11.0 Å². The maximum absolute atomic E-state index is 4.85. The summed E-state index contributed by atoms with van der Waals surface area (Å²) in [6, 6.07) is 5.04. The van der Waals surface area contributed by atoms with Crippen LogP contribution in [0, 0.1) is 13.8 Å². The van der Waals surface area contributed by atoms with E-state index >= 15 is 0 Å². The van der Waals surface area contributed by atoms with E-state index in [4.69, 9.17) is 4.98 Å². The van der Waals surface area contributed by atoms with Crippen LogP contribution in [0.4, 0.5) is 0 Å². The molecule has 3 nitrogen and oxygen atoms in total. The van der Waals surface area contributed by atoms with Crippen LogP contribution in [0.3, 0.4) is 0 Å². The number of hydrogen-bond donors (Lipinski definition) is 1. The highest BCUT2D eigenvalue weighted by Gasteiger charge is 2.17. The van der Waals surface area contributed by atoms with Gasteiger partial charge >= 0.3 is 0 Å². The molecule has 102 valence electrons. The number of aromatic nitrogens is 2. The molecule has 3 rings (SSSR count). The van der Waals surface area contributed by atoms with E-state index in [1.807, 2.05) is 0 Å². The number of nitrogens with one attached hydrogen (secondary N) is 1. The number of imidazole rings is 1. The van der Waals surface area contributed by atoms with Crippen LogP contribution in [0.5, 0.6) is 0 Å². The highest BCUT2D eigenvalue weighted by molar-refractivity contribution is 5.80. The van der Waals surface area contributed by atoms with E-state index in [2.05, 4.69) is 42.9 Å². The minimum absolute atomic E-state index is 0.602. The van der Waals surface area contributed by atoms with Crippen molar-refractivity contribution in [2.24, 2.45) is 7.05 Å². The van der Waals surface area contributed by atoms with Crippen LogP contribution < -0.4 is 5.32 Å². The fourth-order valence-electron chi connectivity index (χ4n) is 3.30. The molecular weight excluding hydrogens is 234 g/mol. The number of aryl methyl sites for hydroxylation is 3. The largest absolute Gasteiger partial charge is 0.331 e. The lowest BCUT2D eigenvalue weighted by Crippen LogP contribution is -2.36. The van der Waals surface area contributed by atoms with E-state index in [9.17, 15) is 0 Å². The van der Waals surface area contributed by atoms with Gasteiger partial charge in [0.1, 0.15) is 5.82 Å². The van der Waals surface area contributed by atoms with Crippen LogP contribution in [0.1, 0.15) is 36.2 Å². The molecule has 1 aliphatic rings. The molecule has 1 saturated heterocycles. The normalized spacial score (nSPS) is 20.1. The first-order chi connectivity index (χ1) is 9.15. The molecule has 19 heavy (non-hydrogen) atoms. The molecule has 0 saturated carbocycles. The van der Waals surface area contributed by atoms with Gasteiger partial charge < -0.3 is 9.88 Å². The fraction of sp³-hybridized carbons (Fsp3) is 0.562. The molecule has 0 spiro atoms. The van der Waals surface area contributed by atoms with Gasteiger partial charge in [-0.2, -0.15) is 0 Å². The second-order valence-electron chi connectivity index (χ2n) is 5.89. The van der Waals surface area contributed by atoms with Crippen molar-refractivity contribution in [3.8, 4) is 0 Å². The topological polar surface area (TPSA) is 29.9 Å². The Kier molecular flexibility index (Phi) is 3.31. The Morgan fingerprint density at radius 2 is 2.16 bits per heavy atom. The Hall–Kier alpha value is -1.35. The van der Waals surface area contributed by atoms with E-state index in [-0.39, 0.29) is 0 Å². The summed E-state index contributed by atoms with van der Waals surface area (Å²) in [5.74, 6) is 1.21. The molecule has 1 atom stereocenters. The first-order valence-corrected chi connectivity index (χ1v) is 7.31. The van der Waals surface area contributed by atoms with Gasteiger partial charge in [0.25, 0.3) is 0 Å². The number of piperidine rings is 1. The molecule has 1 aliphatic heterocycles. The summed E-state index contributed by atoms with van der Waals surface area (Å²) in [6.45, 7) is 5.48. The summed E-state index contributed by atoms with van der Waals surface area (Å²) < 4.78 is 2.28. The summed E-state index contributed by atoms with van der Waals surface area (Å²) in [7, 11) is 2.15. The first-order valence-electron chi connectivity index (χ1n) is 7.31. The van der Waals surface area contributed by atoms with Crippen LogP contribution in [0.25, 0.3) is 11.0 Å². The Bertz CT molecular complexity index is 592. The highest BCUT2D eigenvalue weighted by atomic mass is 15.1. The number of benzene rings is 1. The molecule has 3 heteroatoms. The number of rotatable bonds is 2. The van der Waals surface area contributed by atoms with Crippen molar-refractivity contribution in [3.05, 3.63) is 29.1 Å². The number of fused-ring (bicyclic) bond motifs is 1. The van der Waals surface area contributed by atoms with Gasteiger partial charge in [-0.25, -0.2) is 4.98 Å². The molecule has 1 aromatic heterocycles. The summed E-state index contributed by atoms with van der Waals surface area (Å²) in [4.78, 5) is 4.85. The zero-order chi connectivity index (χ0) is 13.4. The Morgan fingerprint density at radius 1 is 1.32 bits per heavy atom. The van der Waals surface area contributed by atoms with Gasteiger partial charge in [0, 0.05) is 19.5 Å². The third-order valence-electron chi connectivity index (χ3n) is 4.24. The highest BCUT2D eigenvalue weighted by Crippen LogP contribution is 2.22. The molecule has 1 unspecified atom stereocenters. The van der Waals surface area contributed by atoms with Crippen molar-refractivity contribution >= 4 is 11.0 Å². The summed E-state index contributed by atoms with van der Waals surface area (Å²) in [6.07, 6.45) is 4.99. The third-order valence-corrected chi connectivity index (χ3v) is 4.24. The zero-order valence-electron chi connectivity index (χ0n) is 12.2. The van der Waals surface area contributed by atoms with Crippen molar-refractivity contribution in [1.29, 1.82) is 0 Å². The monoisotopic (exact) mass is 257 g/mol. The lowest BCUT2D eigenvalue weighted by molar-refractivity contribution is 0.392. The average molecular weight is 257 g/mol. The second kappa shape index (κ2) is 4.97. The number of nitrogens with zero attached hydrogens (tertiary/aromatic N) is 2. The summed E-state index contributed by atoms with van der Waals surface area (Å²) in [5, 5.41) is 3.61. The molecule has 0 bridgehead atoms. The molecule has 2 aromatic rings. The second-order valence-corrected chi connectivity index (χ2v) is 5.89. The van der Waals surface area contributed by atoms with Gasteiger partial charge in [-0.15, -0.1) is 0 Å². The van der Waals surface area contributed by atoms with E-state index in [0.717, 1.165) is 18.5 Å². The van der Waals surface area contributed by atoms with Crippen LogP contribution >= 0.6 is 0 Å². The van der Waals surface area contributed by atoms with E-state index in [1.165, 1.54) is 41.7 Å². The lowest BCUT2D eigenvalue weighted by atomic mass is 10.0. The van der Waals surface area contributed by atoms with Gasteiger partial charge in [-0.05, 0) is 50.4 Å². The first kappa shape index (κ1) is 12.7. The van der Waals surface area contributed by atoms with Crippen molar-refractivity contribution in [1.82, 2.24) is 14.9 Å². The molecule has 1 N–H and O–H groups in total. The maximum atomic E-state index is 4.85. The SMILES string of the molecule is Cc1cc(C)c2c(c1)nc(CC1CCCCN1)n2C. The average Bonchev–Trinajstić information content (AvgIpc) is 2.67. The third kappa shape index (κ3) is 2.39. The van der Waals surface area contributed by atoms with Crippen molar-refractivity contribution in [2.45, 2.75) is 45.6 Å². The predicted molar refractivity (Wildman–Crippen MR) is 79.5 cm³/mol. The van der Waals surface area contributed by atoms with E-state index in [1.54, 1.807) is 0 Å². The fourth-order valence-corrected chi connectivity index (χ4v) is 3.30. The molecular formula is C16H23N3. The molecule has 0 amide bonds. The van der Waals surface area contributed by atoms with Crippen molar-refractivity contribution in [3.63, 3.8) is 0 Å². The van der Waals surface area contributed by atoms with Gasteiger partial charge in [0.2, 0.25) is 0 Å². The smallest absolute Gasteiger partial charge is 0.111 e. The Labute approximate surface area is 115 Å². The van der Waals surface area contributed by atoms with Crippen LogP contribution in [0.15, 0.2) is 12.1 Å². The van der Waals surface area contributed by atoms with Crippen LogP contribution in [-0.4, -0.2) is 22.1 Å². The lowest BCUT2D eigenvalue weighted by Gasteiger charge is -2.23.